The van der Waals surface area contributed by atoms with Crippen molar-refractivity contribution in [1.82, 2.24) is 4.90 Å². The molecule has 31 heavy (non-hydrogen) atoms. The molecule has 162 valence electrons. The molecule has 0 unspecified atom stereocenters. The van der Waals surface area contributed by atoms with Gasteiger partial charge in [-0.25, -0.2) is 13.6 Å². The molecule has 1 aliphatic rings. The first-order valence-corrected chi connectivity index (χ1v) is 10.0. The molecule has 2 aromatic carbocycles. The number of anilines is 1. The Hall–Kier alpha value is -3.48. The summed E-state index contributed by atoms with van der Waals surface area (Å²) in [4.78, 5) is 26.0. The van der Waals surface area contributed by atoms with Crippen LogP contribution in [-0.4, -0.2) is 36.6 Å². The third-order valence-electron chi connectivity index (χ3n) is 5.13. The Labute approximate surface area is 180 Å². The van der Waals surface area contributed by atoms with Crippen LogP contribution in [0.2, 0.25) is 0 Å². The monoisotopic (exact) mass is 426 g/mol. The Morgan fingerprint density at radius 2 is 1.84 bits per heavy atom. The Morgan fingerprint density at radius 1 is 1.16 bits per heavy atom. The van der Waals surface area contributed by atoms with Crippen molar-refractivity contribution in [2.24, 2.45) is 0 Å². The van der Waals surface area contributed by atoms with Gasteiger partial charge in [-0.2, -0.15) is 0 Å². The molecule has 0 fully saturated rings. The summed E-state index contributed by atoms with van der Waals surface area (Å²) in [5.41, 5.74) is 3.07. The second-order valence-electron chi connectivity index (χ2n) is 7.10. The van der Waals surface area contributed by atoms with Crippen molar-refractivity contribution in [3.05, 3.63) is 83.5 Å². The van der Waals surface area contributed by atoms with Crippen LogP contribution >= 0.6 is 0 Å². The van der Waals surface area contributed by atoms with Gasteiger partial charge in [-0.3, -0.25) is 4.79 Å². The summed E-state index contributed by atoms with van der Waals surface area (Å²) in [6, 6.07) is 10.4. The van der Waals surface area contributed by atoms with Gasteiger partial charge in [-0.05, 0) is 53.8 Å². The van der Waals surface area contributed by atoms with E-state index < -0.39 is 23.1 Å². The zero-order valence-corrected chi connectivity index (χ0v) is 17.3. The number of ether oxygens (including phenoxy) is 1. The predicted molar refractivity (Wildman–Crippen MR) is 116 cm³/mol. The fraction of sp³-hybridized carbons (Fsp3) is 0.250. The third kappa shape index (κ3) is 5.17. The SMILES string of the molecule is C=CCOC(=O)N1CCC(c2ccc(NC(=O)c3c(F)cccc3F)cc2)=C(CC)C1. The molecular weight excluding hydrogens is 402 g/mol. The van der Waals surface area contributed by atoms with Crippen molar-refractivity contribution in [1.29, 1.82) is 0 Å². The number of carbonyl (C=O) groups is 2. The molecule has 7 heteroatoms. The van der Waals surface area contributed by atoms with Gasteiger partial charge >= 0.3 is 6.09 Å². The number of hydrogen-bond donors (Lipinski definition) is 1. The van der Waals surface area contributed by atoms with Crippen molar-refractivity contribution in [2.45, 2.75) is 19.8 Å². The van der Waals surface area contributed by atoms with Crippen LogP contribution in [0.15, 0.2) is 60.7 Å². The Morgan fingerprint density at radius 3 is 2.45 bits per heavy atom. The number of carbonyl (C=O) groups excluding carboxylic acids is 2. The quantitative estimate of drug-likeness (QED) is 0.629. The highest BCUT2D eigenvalue weighted by Gasteiger charge is 2.24. The summed E-state index contributed by atoms with van der Waals surface area (Å²) in [5.74, 6) is -2.67. The number of hydrogen-bond acceptors (Lipinski definition) is 3. The molecule has 0 bridgehead atoms. The minimum absolute atomic E-state index is 0.178. The molecule has 0 saturated carbocycles. The molecule has 1 heterocycles. The average molecular weight is 426 g/mol. The summed E-state index contributed by atoms with van der Waals surface area (Å²) in [6.45, 7) is 6.79. The lowest BCUT2D eigenvalue weighted by Crippen LogP contribution is -2.37. The average Bonchev–Trinajstić information content (AvgIpc) is 2.77. The van der Waals surface area contributed by atoms with Gasteiger partial charge in [0.15, 0.2) is 0 Å². The molecule has 1 N–H and O–H groups in total. The van der Waals surface area contributed by atoms with E-state index in [1.165, 1.54) is 12.1 Å². The summed E-state index contributed by atoms with van der Waals surface area (Å²) >= 11 is 0. The maximum Gasteiger partial charge on any atom is 0.410 e. The maximum atomic E-state index is 13.8. The minimum atomic E-state index is -0.912. The Bertz CT molecular complexity index is 996. The minimum Gasteiger partial charge on any atom is -0.445 e. The largest absolute Gasteiger partial charge is 0.445 e. The fourth-order valence-electron chi connectivity index (χ4n) is 3.54. The van der Waals surface area contributed by atoms with E-state index in [1.807, 2.05) is 19.1 Å². The fourth-order valence-corrected chi connectivity index (χ4v) is 3.54. The Kier molecular flexibility index (Phi) is 7.18. The van der Waals surface area contributed by atoms with Crippen molar-refractivity contribution in [3.8, 4) is 0 Å². The van der Waals surface area contributed by atoms with Crippen LogP contribution in [-0.2, 0) is 4.74 Å². The highest BCUT2D eigenvalue weighted by molar-refractivity contribution is 6.04. The van der Waals surface area contributed by atoms with E-state index in [4.69, 9.17) is 4.74 Å². The van der Waals surface area contributed by atoms with Crippen molar-refractivity contribution >= 4 is 23.3 Å². The van der Waals surface area contributed by atoms with Crippen molar-refractivity contribution in [3.63, 3.8) is 0 Å². The van der Waals surface area contributed by atoms with E-state index in [0.717, 1.165) is 35.3 Å². The normalized spacial score (nSPS) is 13.7. The first kappa shape index (κ1) is 22.2. The van der Waals surface area contributed by atoms with Crippen LogP contribution in [0.1, 0.15) is 35.7 Å². The number of halogens is 2. The van der Waals surface area contributed by atoms with E-state index in [0.29, 0.717) is 25.2 Å². The lowest BCUT2D eigenvalue weighted by molar-refractivity contribution is 0.101. The topological polar surface area (TPSA) is 58.6 Å². The van der Waals surface area contributed by atoms with Gasteiger partial charge in [0.05, 0.1) is 0 Å². The number of nitrogens with one attached hydrogen (secondary N) is 1. The first-order valence-electron chi connectivity index (χ1n) is 10.0. The van der Waals surface area contributed by atoms with Gasteiger partial charge in [-0.1, -0.05) is 37.8 Å². The summed E-state index contributed by atoms with van der Waals surface area (Å²) in [7, 11) is 0. The van der Waals surface area contributed by atoms with E-state index in [2.05, 4.69) is 11.9 Å². The number of nitrogens with zero attached hydrogens (tertiary/aromatic N) is 1. The molecule has 1 aliphatic heterocycles. The van der Waals surface area contributed by atoms with E-state index in [-0.39, 0.29) is 12.7 Å². The van der Waals surface area contributed by atoms with Crippen molar-refractivity contribution in [2.75, 3.05) is 25.0 Å². The van der Waals surface area contributed by atoms with Crippen LogP contribution in [0.4, 0.5) is 19.3 Å². The highest BCUT2D eigenvalue weighted by atomic mass is 19.1. The molecule has 0 spiro atoms. The standard InChI is InChI=1S/C24H24F2N2O3/c1-3-14-31-24(30)28-13-12-19(16(4-2)15-28)17-8-10-18(11-9-17)27-23(29)22-20(25)6-5-7-21(22)26/h3,5-11H,1,4,12-15H2,2H3,(H,27,29). The van der Waals surface area contributed by atoms with Gasteiger partial charge in [0.25, 0.3) is 5.91 Å². The zero-order chi connectivity index (χ0) is 22.4. The van der Waals surface area contributed by atoms with Gasteiger partial charge in [0, 0.05) is 18.8 Å². The van der Waals surface area contributed by atoms with Crippen LogP contribution in [0.25, 0.3) is 5.57 Å². The summed E-state index contributed by atoms with van der Waals surface area (Å²) in [6.07, 6.45) is 2.64. The van der Waals surface area contributed by atoms with Crippen LogP contribution in [0.5, 0.6) is 0 Å². The maximum absolute atomic E-state index is 13.8. The Balaban J connectivity index is 1.73. The van der Waals surface area contributed by atoms with Crippen molar-refractivity contribution < 1.29 is 23.1 Å². The highest BCUT2D eigenvalue weighted by Crippen LogP contribution is 2.30. The van der Waals surface area contributed by atoms with Gasteiger partial charge in [0.2, 0.25) is 0 Å². The second-order valence-corrected chi connectivity index (χ2v) is 7.10. The molecule has 2 aromatic rings. The van der Waals surface area contributed by atoms with Gasteiger partial charge in [0.1, 0.15) is 23.8 Å². The number of rotatable bonds is 6. The van der Waals surface area contributed by atoms with Gasteiger partial charge < -0.3 is 15.0 Å². The third-order valence-corrected chi connectivity index (χ3v) is 5.13. The second kappa shape index (κ2) is 10.0. The molecule has 0 aromatic heterocycles. The van der Waals surface area contributed by atoms with Crippen LogP contribution in [0.3, 0.4) is 0 Å². The first-order chi connectivity index (χ1) is 14.9. The zero-order valence-electron chi connectivity index (χ0n) is 17.3. The summed E-state index contributed by atoms with van der Waals surface area (Å²) < 4.78 is 32.7. The van der Waals surface area contributed by atoms with Gasteiger partial charge in [-0.15, -0.1) is 0 Å². The molecule has 0 radical (unpaired) electrons. The summed E-state index contributed by atoms with van der Waals surface area (Å²) in [5, 5.41) is 2.52. The number of benzene rings is 2. The predicted octanol–water partition coefficient (Wildman–Crippen LogP) is 5.41. The number of amides is 2. The molecule has 2 amide bonds. The van der Waals surface area contributed by atoms with Crippen LogP contribution in [0, 0.1) is 11.6 Å². The molecule has 0 saturated heterocycles. The van der Waals surface area contributed by atoms with E-state index in [1.54, 1.807) is 17.0 Å². The molecular formula is C24H24F2N2O3. The molecule has 0 atom stereocenters. The van der Waals surface area contributed by atoms with E-state index >= 15 is 0 Å². The lowest BCUT2D eigenvalue weighted by atomic mass is 9.92. The molecule has 3 rings (SSSR count). The molecule has 0 aliphatic carbocycles. The molecule has 5 nitrogen and oxygen atoms in total. The van der Waals surface area contributed by atoms with Crippen LogP contribution < -0.4 is 5.32 Å². The lowest BCUT2D eigenvalue weighted by Gasteiger charge is -2.30. The smallest absolute Gasteiger partial charge is 0.410 e. The van der Waals surface area contributed by atoms with E-state index in [9.17, 15) is 18.4 Å².